The molecule has 2 heterocycles. The zero-order valence-electron chi connectivity index (χ0n) is 14.6. The largest absolute Gasteiger partial charge is 0.494 e. The molecule has 134 valence electrons. The number of piperidine rings is 1. The van der Waals surface area contributed by atoms with Crippen molar-refractivity contribution in [2.24, 2.45) is 0 Å². The number of nitrogens with zero attached hydrogens (tertiary/aromatic N) is 3. The molecule has 1 aliphatic heterocycles. The summed E-state index contributed by atoms with van der Waals surface area (Å²) in [4.78, 5) is 13.2. The Hall–Kier alpha value is -2.34. The van der Waals surface area contributed by atoms with Crippen molar-refractivity contribution in [1.29, 1.82) is 0 Å². The van der Waals surface area contributed by atoms with Crippen molar-refractivity contribution >= 4 is 5.97 Å². The third-order valence-corrected chi connectivity index (χ3v) is 4.55. The lowest BCUT2D eigenvalue weighted by Gasteiger charge is -2.32. The Morgan fingerprint density at radius 3 is 3.00 bits per heavy atom. The predicted octanol–water partition coefficient (Wildman–Crippen LogP) is 2.75. The molecule has 0 spiro atoms. The van der Waals surface area contributed by atoms with E-state index in [-0.39, 0.29) is 6.54 Å². The standard InChI is InChI=1S/C19H25N3O3/c1-2-25-18-8-4-3-6-16(18)13-21-10-5-7-15(12-21)17-9-11-22(20-17)14-19(23)24/h3-4,6,8-9,11,15H,2,5,7,10,12-14H2,1H3,(H,23,24). The molecule has 3 rings (SSSR count). The second-order valence-corrected chi connectivity index (χ2v) is 6.45. The van der Waals surface area contributed by atoms with Gasteiger partial charge in [0.2, 0.25) is 0 Å². The van der Waals surface area contributed by atoms with Gasteiger partial charge in [-0.15, -0.1) is 0 Å². The topological polar surface area (TPSA) is 67.6 Å². The van der Waals surface area contributed by atoms with E-state index in [0.717, 1.165) is 43.9 Å². The van der Waals surface area contributed by atoms with Crippen LogP contribution in [-0.2, 0) is 17.9 Å². The molecular weight excluding hydrogens is 318 g/mol. The van der Waals surface area contributed by atoms with E-state index < -0.39 is 5.97 Å². The molecule has 0 radical (unpaired) electrons. The highest BCUT2D eigenvalue weighted by Crippen LogP contribution is 2.28. The average molecular weight is 343 g/mol. The summed E-state index contributed by atoms with van der Waals surface area (Å²) in [5.74, 6) is 0.438. The van der Waals surface area contributed by atoms with Crippen LogP contribution in [0.3, 0.4) is 0 Å². The maximum Gasteiger partial charge on any atom is 0.325 e. The molecule has 1 saturated heterocycles. The highest BCUT2D eigenvalue weighted by molar-refractivity contribution is 5.66. The van der Waals surface area contributed by atoms with E-state index in [9.17, 15) is 4.79 Å². The van der Waals surface area contributed by atoms with Crippen molar-refractivity contribution in [3.8, 4) is 5.75 Å². The number of benzene rings is 1. The number of rotatable bonds is 7. The lowest BCUT2D eigenvalue weighted by atomic mass is 9.94. The Labute approximate surface area is 148 Å². The van der Waals surface area contributed by atoms with Gasteiger partial charge in [-0.05, 0) is 38.4 Å². The van der Waals surface area contributed by atoms with Crippen LogP contribution in [0.5, 0.6) is 5.75 Å². The smallest absolute Gasteiger partial charge is 0.325 e. The molecule has 1 aromatic carbocycles. The minimum Gasteiger partial charge on any atom is -0.494 e. The average Bonchev–Trinajstić information content (AvgIpc) is 3.05. The number of ether oxygens (including phenoxy) is 1. The third-order valence-electron chi connectivity index (χ3n) is 4.55. The van der Waals surface area contributed by atoms with Crippen LogP contribution in [0.15, 0.2) is 36.5 Å². The van der Waals surface area contributed by atoms with Crippen LogP contribution in [0.4, 0.5) is 0 Å². The van der Waals surface area contributed by atoms with Crippen LogP contribution < -0.4 is 4.74 Å². The minimum atomic E-state index is -0.868. The summed E-state index contributed by atoms with van der Waals surface area (Å²) in [5.41, 5.74) is 2.20. The molecule has 1 atom stereocenters. The molecule has 1 N–H and O–H groups in total. The molecular formula is C19H25N3O3. The summed E-state index contributed by atoms with van der Waals surface area (Å²) in [7, 11) is 0. The molecule has 2 aromatic rings. The zero-order valence-corrected chi connectivity index (χ0v) is 14.6. The van der Waals surface area contributed by atoms with Gasteiger partial charge >= 0.3 is 5.97 Å². The van der Waals surface area contributed by atoms with Crippen molar-refractivity contribution in [2.75, 3.05) is 19.7 Å². The molecule has 1 unspecified atom stereocenters. The van der Waals surface area contributed by atoms with Crippen LogP contribution in [0, 0.1) is 0 Å². The highest BCUT2D eigenvalue weighted by Gasteiger charge is 2.24. The van der Waals surface area contributed by atoms with Crippen LogP contribution in [0.2, 0.25) is 0 Å². The number of aromatic nitrogens is 2. The third kappa shape index (κ3) is 4.60. The Kier molecular flexibility index (Phi) is 5.71. The molecule has 6 heteroatoms. The van der Waals surface area contributed by atoms with Crippen LogP contribution in [-0.4, -0.2) is 45.5 Å². The van der Waals surface area contributed by atoms with Crippen LogP contribution >= 0.6 is 0 Å². The first-order chi connectivity index (χ1) is 12.2. The number of aliphatic carboxylic acids is 1. The Bertz CT molecular complexity index is 713. The van der Waals surface area contributed by atoms with Gasteiger partial charge in [0.25, 0.3) is 0 Å². The van der Waals surface area contributed by atoms with Gasteiger partial charge in [0.1, 0.15) is 12.3 Å². The molecule has 1 aromatic heterocycles. The molecule has 25 heavy (non-hydrogen) atoms. The SMILES string of the molecule is CCOc1ccccc1CN1CCCC(c2ccn(CC(=O)O)n2)C1. The summed E-state index contributed by atoms with van der Waals surface area (Å²) < 4.78 is 7.23. The van der Waals surface area contributed by atoms with Gasteiger partial charge < -0.3 is 9.84 Å². The van der Waals surface area contributed by atoms with Gasteiger partial charge in [0.15, 0.2) is 0 Å². The summed E-state index contributed by atoms with van der Waals surface area (Å²) in [6.07, 6.45) is 3.97. The predicted molar refractivity (Wildman–Crippen MR) is 94.7 cm³/mol. The summed E-state index contributed by atoms with van der Waals surface area (Å²) in [6, 6.07) is 10.1. The maximum absolute atomic E-state index is 10.8. The van der Waals surface area contributed by atoms with E-state index in [2.05, 4.69) is 16.1 Å². The van der Waals surface area contributed by atoms with Gasteiger partial charge in [0.05, 0.1) is 12.3 Å². The fourth-order valence-electron chi connectivity index (χ4n) is 3.43. The summed E-state index contributed by atoms with van der Waals surface area (Å²) in [6.45, 7) is 5.44. The van der Waals surface area contributed by atoms with E-state index in [4.69, 9.17) is 9.84 Å². The van der Waals surface area contributed by atoms with Gasteiger partial charge in [-0.2, -0.15) is 5.10 Å². The van der Waals surface area contributed by atoms with Crippen molar-refractivity contribution in [2.45, 2.75) is 38.8 Å². The monoisotopic (exact) mass is 343 g/mol. The molecule has 6 nitrogen and oxygen atoms in total. The number of hydrogen-bond acceptors (Lipinski definition) is 4. The van der Waals surface area contributed by atoms with Gasteiger partial charge in [-0.3, -0.25) is 14.4 Å². The molecule has 0 amide bonds. The first-order valence-corrected chi connectivity index (χ1v) is 8.84. The van der Waals surface area contributed by atoms with Crippen molar-refractivity contribution in [3.05, 3.63) is 47.8 Å². The lowest BCUT2D eigenvalue weighted by molar-refractivity contribution is -0.137. The molecule has 1 aliphatic rings. The quantitative estimate of drug-likeness (QED) is 0.837. The van der Waals surface area contributed by atoms with Crippen LogP contribution in [0.1, 0.15) is 36.9 Å². The summed E-state index contributed by atoms with van der Waals surface area (Å²) in [5, 5.41) is 13.3. The molecule has 0 saturated carbocycles. The van der Waals surface area contributed by atoms with Crippen molar-refractivity contribution in [3.63, 3.8) is 0 Å². The first-order valence-electron chi connectivity index (χ1n) is 8.84. The van der Waals surface area contributed by atoms with Crippen molar-refractivity contribution < 1.29 is 14.6 Å². The van der Waals surface area contributed by atoms with E-state index in [0.29, 0.717) is 12.5 Å². The fourth-order valence-corrected chi connectivity index (χ4v) is 3.43. The Balaban J connectivity index is 1.65. The van der Waals surface area contributed by atoms with E-state index in [1.165, 1.54) is 10.2 Å². The highest BCUT2D eigenvalue weighted by atomic mass is 16.5. The van der Waals surface area contributed by atoms with E-state index >= 15 is 0 Å². The van der Waals surface area contributed by atoms with E-state index in [1.54, 1.807) is 6.20 Å². The second kappa shape index (κ2) is 8.16. The number of hydrogen-bond donors (Lipinski definition) is 1. The van der Waals surface area contributed by atoms with Gasteiger partial charge in [-0.1, -0.05) is 18.2 Å². The van der Waals surface area contributed by atoms with Gasteiger partial charge in [0, 0.05) is 30.8 Å². The summed E-state index contributed by atoms with van der Waals surface area (Å²) >= 11 is 0. The normalized spacial score (nSPS) is 18.2. The zero-order chi connectivity index (χ0) is 17.6. The minimum absolute atomic E-state index is 0.0852. The van der Waals surface area contributed by atoms with Crippen LogP contribution in [0.25, 0.3) is 0 Å². The lowest BCUT2D eigenvalue weighted by Crippen LogP contribution is -2.34. The van der Waals surface area contributed by atoms with Gasteiger partial charge in [-0.25, -0.2) is 0 Å². The molecule has 0 aliphatic carbocycles. The fraction of sp³-hybridized carbons (Fsp3) is 0.474. The Morgan fingerprint density at radius 2 is 2.20 bits per heavy atom. The first kappa shape index (κ1) is 17.5. The second-order valence-electron chi connectivity index (χ2n) is 6.45. The number of carboxylic acids is 1. The number of likely N-dealkylation sites (tertiary alicyclic amines) is 1. The number of para-hydroxylation sites is 1. The number of carboxylic acid groups (broad SMARTS) is 1. The molecule has 1 fully saturated rings. The Morgan fingerprint density at radius 1 is 1.36 bits per heavy atom. The number of carbonyl (C=O) groups is 1. The van der Waals surface area contributed by atoms with E-state index in [1.807, 2.05) is 31.2 Å². The maximum atomic E-state index is 10.8. The van der Waals surface area contributed by atoms with Crippen molar-refractivity contribution in [1.82, 2.24) is 14.7 Å². The molecule has 0 bridgehead atoms.